The summed E-state index contributed by atoms with van der Waals surface area (Å²) < 4.78 is 65.6. The molecule has 4 fully saturated rings. The van der Waals surface area contributed by atoms with Gasteiger partial charge in [-0.25, -0.2) is 13.2 Å². The molecule has 4 aliphatic rings. The average molecular weight is 732 g/mol. The SMILES string of the molecule is C=CCNC(=O)C(=O)C(CCC(F)(F)F)NC(=O)[C@@H]1[C@@H]2C(CN1C(=O)[C@@H](NC(=O)NC1(C3CCCS3(=O)=O)CCCCC1)C(C)(C)C)C2(C)C. The summed E-state index contributed by atoms with van der Waals surface area (Å²) in [6, 6.07) is -4.85. The molecular weight excluding hydrogens is 679 g/mol. The maximum absolute atomic E-state index is 14.4. The predicted molar refractivity (Wildman–Crippen MR) is 179 cm³/mol. The highest BCUT2D eigenvalue weighted by molar-refractivity contribution is 7.92. The first-order valence-electron chi connectivity index (χ1n) is 17.5. The van der Waals surface area contributed by atoms with E-state index in [1.807, 2.05) is 13.8 Å². The molecule has 12 nitrogen and oxygen atoms in total. The number of hydrogen-bond acceptors (Lipinski definition) is 7. The van der Waals surface area contributed by atoms with Gasteiger partial charge in [0.05, 0.1) is 22.6 Å². The number of carbonyl (C=O) groups excluding carboxylic acids is 5. The van der Waals surface area contributed by atoms with Crippen LogP contribution in [0.1, 0.15) is 92.4 Å². The van der Waals surface area contributed by atoms with Gasteiger partial charge in [-0.3, -0.25) is 19.2 Å². The Labute approximate surface area is 292 Å². The molecule has 0 aromatic rings. The summed E-state index contributed by atoms with van der Waals surface area (Å²) in [6.07, 6.45) is -1.33. The van der Waals surface area contributed by atoms with E-state index >= 15 is 0 Å². The number of sulfone groups is 1. The van der Waals surface area contributed by atoms with Gasteiger partial charge in [-0.2, -0.15) is 13.2 Å². The van der Waals surface area contributed by atoms with E-state index in [4.69, 9.17) is 0 Å². The lowest BCUT2D eigenvalue weighted by Gasteiger charge is -2.43. The Morgan fingerprint density at radius 3 is 2.18 bits per heavy atom. The number of nitrogens with one attached hydrogen (secondary N) is 4. The van der Waals surface area contributed by atoms with Crippen LogP contribution in [0, 0.1) is 22.7 Å². The minimum atomic E-state index is -4.66. The first-order valence-corrected chi connectivity index (χ1v) is 19.2. The number of rotatable bonds is 12. The van der Waals surface area contributed by atoms with Crippen LogP contribution >= 0.6 is 0 Å². The molecule has 2 heterocycles. The van der Waals surface area contributed by atoms with Crippen molar-refractivity contribution in [1.29, 1.82) is 0 Å². The molecule has 0 aromatic carbocycles. The molecule has 0 radical (unpaired) electrons. The fourth-order valence-corrected chi connectivity index (χ4v) is 10.7. The van der Waals surface area contributed by atoms with Gasteiger partial charge in [0, 0.05) is 19.5 Å². The van der Waals surface area contributed by atoms with Crippen LogP contribution in [0.3, 0.4) is 0 Å². The summed E-state index contributed by atoms with van der Waals surface area (Å²) in [4.78, 5) is 68.7. The number of urea groups is 1. The van der Waals surface area contributed by atoms with E-state index in [0.717, 1.165) is 19.3 Å². The number of piperidine rings is 1. The van der Waals surface area contributed by atoms with E-state index < -0.39 is 98.1 Å². The van der Waals surface area contributed by atoms with Gasteiger partial charge in [0.2, 0.25) is 17.6 Å². The predicted octanol–water partition coefficient (Wildman–Crippen LogP) is 3.16. The standard InChI is InChI=1S/C34H52F3N5O7S/c1-7-17-38-28(45)25(43)21(13-16-34(35,36)37)39-27(44)24-23-20(32(23,5)6)19-42(24)29(46)26(31(2,3)4)40-30(47)41-33(14-9-8-10-15-33)22-12-11-18-50(22,48)49/h7,20-24,26H,1,8-19H2,2-6H3,(H,38,45)(H,39,44)(H2,40,41,47)/t20?,21?,22?,23-,24-,26+/m0/s1. The minimum absolute atomic E-state index is 0.0606. The summed E-state index contributed by atoms with van der Waals surface area (Å²) in [7, 11) is -3.42. The first kappa shape index (κ1) is 39.6. The lowest BCUT2D eigenvalue weighted by Crippen LogP contribution is -2.65. The largest absolute Gasteiger partial charge is 0.389 e. The Balaban J connectivity index is 1.57. The normalized spacial score (nSPS) is 27.6. The summed E-state index contributed by atoms with van der Waals surface area (Å²) >= 11 is 0. The average Bonchev–Trinajstić information content (AvgIpc) is 3.33. The zero-order valence-corrected chi connectivity index (χ0v) is 30.4. The van der Waals surface area contributed by atoms with E-state index in [9.17, 15) is 45.6 Å². The van der Waals surface area contributed by atoms with Crippen LogP contribution in [-0.4, -0.2) is 96.8 Å². The van der Waals surface area contributed by atoms with Gasteiger partial charge in [0.1, 0.15) is 12.1 Å². The molecule has 3 unspecified atom stereocenters. The Hall–Kier alpha value is -3.17. The number of alkyl halides is 3. The van der Waals surface area contributed by atoms with Gasteiger partial charge < -0.3 is 26.2 Å². The summed E-state index contributed by atoms with van der Waals surface area (Å²) in [5.41, 5.74) is -2.25. The second-order valence-corrected chi connectivity index (χ2v) is 18.4. The van der Waals surface area contributed by atoms with Crippen molar-refractivity contribution in [3.05, 3.63) is 12.7 Å². The fraction of sp³-hybridized carbons (Fsp3) is 0.794. The number of halogens is 3. The van der Waals surface area contributed by atoms with Crippen LogP contribution in [0.2, 0.25) is 0 Å². The number of hydrogen-bond donors (Lipinski definition) is 4. The number of carbonyl (C=O) groups is 5. The third kappa shape index (κ3) is 8.47. The van der Waals surface area contributed by atoms with Gasteiger partial charge in [-0.15, -0.1) is 6.58 Å². The second kappa shape index (κ2) is 14.5. The Bertz CT molecular complexity index is 1470. The van der Waals surface area contributed by atoms with Crippen molar-refractivity contribution in [3.63, 3.8) is 0 Å². The molecule has 6 atom stereocenters. The zero-order chi connectivity index (χ0) is 37.4. The molecule has 2 aliphatic heterocycles. The van der Waals surface area contributed by atoms with Crippen molar-refractivity contribution in [2.45, 2.75) is 127 Å². The minimum Gasteiger partial charge on any atom is -0.346 e. The molecule has 5 amide bonds. The van der Waals surface area contributed by atoms with Crippen LogP contribution in [0.25, 0.3) is 0 Å². The monoisotopic (exact) mass is 731 g/mol. The van der Waals surface area contributed by atoms with Crippen molar-refractivity contribution >= 4 is 39.4 Å². The van der Waals surface area contributed by atoms with Crippen molar-refractivity contribution in [2.75, 3.05) is 18.8 Å². The topological polar surface area (TPSA) is 171 Å². The maximum Gasteiger partial charge on any atom is 0.389 e. The number of nitrogens with zero attached hydrogens (tertiary/aromatic N) is 1. The van der Waals surface area contributed by atoms with Crippen LogP contribution in [0.5, 0.6) is 0 Å². The van der Waals surface area contributed by atoms with Gasteiger partial charge in [-0.1, -0.05) is 60.0 Å². The Morgan fingerprint density at radius 1 is 1.00 bits per heavy atom. The molecule has 2 saturated heterocycles. The van der Waals surface area contributed by atoms with Gasteiger partial charge in [0.25, 0.3) is 5.91 Å². The molecule has 2 aliphatic carbocycles. The van der Waals surface area contributed by atoms with Crippen molar-refractivity contribution < 1.29 is 45.6 Å². The first-order chi connectivity index (χ1) is 23.1. The second-order valence-electron chi connectivity index (χ2n) is 16.1. The van der Waals surface area contributed by atoms with Crippen LogP contribution in [-0.2, 0) is 29.0 Å². The van der Waals surface area contributed by atoms with Crippen LogP contribution in [0.4, 0.5) is 18.0 Å². The van der Waals surface area contributed by atoms with E-state index in [0.29, 0.717) is 25.7 Å². The van der Waals surface area contributed by atoms with E-state index in [2.05, 4.69) is 27.8 Å². The fourth-order valence-electron chi connectivity index (χ4n) is 8.39. The van der Waals surface area contributed by atoms with Crippen molar-refractivity contribution in [3.8, 4) is 0 Å². The molecule has 282 valence electrons. The maximum atomic E-state index is 14.4. The van der Waals surface area contributed by atoms with Crippen molar-refractivity contribution in [1.82, 2.24) is 26.2 Å². The third-order valence-corrected chi connectivity index (χ3v) is 13.6. The number of amides is 5. The molecule has 4 rings (SSSR count). The lowest BCUT2D eigenvalue weighted by molar-refractivity contribution is -0.148. The highest BCUT2D eigenvalue weighted by Crippen LogP contribution is 2.65. The smallest absolute Gasteiger partial charge is 0.346 e. The van der Waals surface area contributed by atoms with E-state index in [-0.39, 0.29) is 30.7 Å². The molecule has 16 heteroatoms. The molecule has 0 spiro atoms. The molecule has 0 aromatic heterocycles. The summed E-state index contributed by atoms with van der Waals surface area (Å²) in [5.74, 6) is -4.33. The quantitative estimate of drug-likeness (QED) is 0.177. The number of fused-ring (bicyclic) bond motifs is 1. The Kier molecular flexibility index (Phi) is 11.5. The van der Waals surface area contributed by atoms with Gasteiger partial charge >= 0.3 is 12.2 Å². The van der Waals surface area contributed by atoms with E-state index in [1.54, 1.807) is 20.8 Å². The lowest BCUT2D eigenvalue weighted by atomic mass is 9.78. The number of ketones is 1. The highest BCUT2D eigenvalue weighted by atomic mass is 32.2. The molecule has 0 bridgehead atoms. The zero-order valence-electron chi connectivity index (χ0n) is 29.6. The van der Waals surface area contributed by atoms with Crippen LogP contribution in [0.15, 0.2) is 12.7 Å². The third-order valence-electron chi connectivity index (χ3n) is 11.2. The van der Waals surface area contributed by atoms with Crippen LogP contribution < -0.4 is 21.3 Å². The van der Waals surface area contributed by atoms with Gasteiger partial charge in [-0.05, 0) is 54.8 Å². The molecule has 50 heavy (non-hydrogen) atoms. The summed E-state index contributed by atoms with van der Waals surface area (Å²) in [6.45, 7) is 12.5. The molecule has 2 saturated carbocycles. The van der Waals surface area contributed by atoms with Gasteiger partial charge in [0.15, 0.2) is 9.84 Å². The highest BCUT2D eigenvalue weighted by Gasteiger charge is 2.70. The molecular formula is C34H52F3N5O7S. The summed E-state index contributed by atoms with van der Waals surface area (Å²) in [5, 5.41) is 9.63. The molecule has 4 N–H and O–H groups in total. The van der Waals surface area contributed by atoms with Crippen molar-refractivity contribution in [2.24, 2.45) is 22.7 Å². The van der Waals surface area contributed by atoms with E-state index in [1.165, 1.54) is 11.0 Å². The number of likely N-dealkylation sites (tertiary alicyclic amines) is 1. The number of Topliss-reactive ketones (excluding diaryl/α,β-unsaturated/α-hetero) is 1. The Morgan fingerprint density at radius 2 is 1.64 bits per heavy atom.